The molecule has 2 aromatic rings. The third kappa shape index (κ3) is 4.74. The minimum absolute atomic E-state index is 0.427. The molecule has 0 radical (unpaired) electrons. The maximum absolute atomic E-state index is 8.59. The van der Waals surface area contributed by atoms with Crippen molar-refractivity contribution in [3.63, 3.8) is 0 Å². The van der Waals surface area contributed by atoms with Crippen LogP contribution in [0.2, 0.25) is 0 Å². The zero-order valence-corrected chi connectivity index (χ0v) is 13.0. The molecule has 0 unspecified atom stereocenters. The molecule has 0 atom stereocenters. The molecule has 3 nitrogen and oxygen atoms in total. The van der Waals surface area contributed by atoms with Crippen molar-refractivity contribution in [2.45, 2.75) is 6.42 Å². The molecule has 0 fully saturated rings. The summed E-state index contributed by atoms with van der Waals surface area (Å²) >= 11 is 2.25. The van der Waals surface area contributed by atoms with E-state index >= 15 is 0 Å². The Kier molecular flexibility index (Phi) is 5.69. The normalized spacial score (nSPS) is 9.80. The van der Waals surface area contributed by atoms with E-state index in [9.17, 15) is 0 Å². The molecular weight excluding hydrogens is 365 g/mol. The van der Waals surface area contributed by atoms with E-state index in [1.807, 2.05) is 48.5 Å². The average Bonchev–Trinajstić information content (AvgIpc) is 2.46. The Morgan fingerprint density at radius 1 is 0.950 bits per heavy atom. The first kappa shape index (κ1) is 14.7. The minimum atomic E-state index is 0.427. The second-order valence-electron chi connectivity index (χ2n) is 4.13. The molecule has 2 rings (SSSR count). The Balaban J connectivity index is 1.74. The number of rotatable bonds is 6. The summed E-state index contributed by atoms with van der Waals surface area (Å²) in [6.45, 7) is 0.989. The van der Waals surface area contributed by atoms with Gasteiger partial charge in [0, 0.05) is 3.57 Å². The molecule has 0 heterocycles. The molecule has 0 aliphatic heterocycles. The van der Waals surface area contributed by atoms with Crippen LogP contribution in [0.4, 0.5) is 0 Å². The van der Waals surface area contributed by atoms with E-state index in [0.717, 1.165) is 20.6 Å². The first-order valence-corrected chi connectivity index (χ1v) is 7.33. The third-order valence-corrected chi connectivity index (χ3v) is 3.29. The Morgan fingerprint density at radius 2 is 1.65 bits per heavy atom. The monoisotopic (exact) mass is 379 g/mol. The van der Waals surface area contributed by atoms with Gasteiger partial charge in [-0.15, -0.1) is 0 Å². The van der Waals surface area contributed by atoms with Gasteiger partial charge in [-0.2, -0.15) is 5.26 Å². The molecule has 102 valence electrons. The van der Waals surface area contributed by atoms with Crippen LogP contribution in [0, 0.1) is 14.9 Å². The quantitative estimate of drug-likeness (QED) is 0.566. The Morgan fingerprint density at radius 3 is 2.30 bits per heavy atom. The van der Waals surface area contributed by atoms with E-state index in [1.54, 1.807) is 0 Å². The summed E-state index contributed by atoms with van der Waals surface area (Å²) in [6.07, 6.45) is 0.427. The van der Waals surface area contributed by atoms with Crippen LogP contribution < -0.4 is 9.47 Å². The molecule has 0 aliphatic carbocycles. The standard InChI is InChI=1S/C16H14INO2/c17-14-2-1-3-16(12-14)20-11-10-19-15-6-4-13(5-7-15)8-9-18/h1-7,12H,8,10-11H2. The van der Waals surface area contributed by atoms with Gasteiger partial charge in [0.1, 0.15) is 24.7 Å². The number of hydrogen-bond donors (Lipinski definition) is 0. The van der Waals surface area contributed by atoms with E-state index in [0.29, 0.717) is 19.6 Å². The lowest BCUT2D eigenvalue weighted by atomic mass is 10.2. The molecule has 0 bridgehead atoms. The van der Waals surface area contributed by atoms with E-state index in [1.165, 1.54) is 0 Å². The summed E-state index contributed by atoms with van der Waals surface area (Å²) in [6, 6.07) is 17.6. The highest BCUT2D eigenvalue weighted by Gasteiger charge is 1.97. The highest BCUT2D eigenvalue weighted by molar-refractivity contribution is 14.1. The Bertz CT molecular complexity index is 590. The molecule has 4 heteroatoms. The lowest BCUT2D eigenvalue weighted by molar-refractivity contribution is 0.217. The molecule has 20 heavy (non-hydrogen) atoms. The molecule has 0 aromatic heterocycles. The fourth-order valence-electron chi connectivity index (χ4n) is 1.67. The Labute approximate surface area is 132 Å². The van der Waals surface area contributed by atoms with Crippen molar-refractivity contribution in [1.29, 1.82) is 5.26 Å². The van der Waals surface area contributed by atoms with E-state index in [4.69, 9.17) is 14.7 Å². The molecule has 0 saturated heterocycles. The fraction of sp³-hybridized carbons (Fsp3) is 0.188. The zero-order chi connectivity index (χ0) is 14.2. The summed E-state index contributed by atoms with van der Waals surface area (Å²) < 4.78 is 12.3. The van der Waals surface area contributed by atoms with Gasteiger partial charge < -0.3 is 9.47 Å². The zero-order valence-electron chi connectivity index (χ0n) is 10.9. The molecule has 0 saturated carbocycles. The van der Waals surface area contributed by atoms with Crippen molar-refractivity contribution < 1.29 is 9.47 Å². The smallest absolute Gasteiger partial charge is 0.122 e. The van der Waals surface area contributed by atoms with Crippen LogP contribution in [0.15, 0.2) is 48.5 Å². The van der Waals surface area contributed by atoms with Crippen LogP contribution in [0.25, 0.3) is 0 Å². The molecule has 2 aromatic carbocycles. The summed E-state index contributed by atoms with van der Waals surface area (Å²) in [5.41, 5.74) is 0.995. The second-order valence-corrected chi connectivity index (χ2v) is 5.38. The highest BCUT2D eigenvalue weighted by Crippen LogP contribution is 2.15. The molecule has 0 aliphatic rings. The Hall–Kier alpha value is -1.74. The van der Waals surface area contributed by atoms with E-state index < -0.39 is 0 Å². The SMILES string of the molecule is N#CCc1ccc(OCCOc2cccc(I)c2)cc1. The van der Waals surface area contributed by atoms with Gasteiger partial charge in [-0.05, 0) is 58.5 Å². The summed E-state index contributed by atoms with van der Waals surface area (Å²) in [4.78, 5) is 0. The van der Waals surface area contributed by atoms with Gasteiger partial charge in [-0.3, -0.25) is 0 Å². The molecular formula is C16H14INO2. The topological polar surface area (TPSA) is 42.2 Å². The van der Waals surface area contributed by atoms with Gasteiger partial charge in [-0.25, -0.2) is 0 Å². The van der Waals surface area contributed by atoms with Crippen molar-refractivity contribution in [3.8, 4) is 17.6 Å². The maximum atomic E-state index is 8.59. The number of nitrogens with zero attached hydrogens (tertiary/aromatic N) is 1. The van der Waals surface area contributed by atoms with Gasteiger partial charge in [0.2, 0.25) is 0 Å². The predicted molar refractivity (Wildman–Crippen MR) is 85.9 cm³/mol. The van der Waals surface area contributed by atoms with Gasteiger partial charge in [0.15, 0.2) is 0 Å². The number of ether oxygens (including phenoxy) is 2. The van der Waals surface area contributed by atoms with E-state index in [2.05, 4.69) is 28.7 Å². The lowest BCUT2D eigenvalue weighted by Crippen LogP contribution is -2.09. The summed E-state index contributed by atoms with van der Waals surface area (Å²) in [7, 11) is 0. The first-order valence-electron chi connectivity index (χ1n) is 6.25. The molecule has 0 spiro atoms. The average molecular weight is 379 g/mol. The largest absolute Gasteiger partial charge is 0.490 e. The molecule has 0 amide bonds. The summed E-state index contributed by atoms with van der Waals surface area (Å²) in [5.74, 6) is 1.64. The molecule has 0 N–H and O–H groups in total. The predicted octanol–water partition coefficient (Wildman–Crippen LogP) is 3.82. The highest BCUT2D eigenvalue weighted by atomic mass is 127. The van der Waals surface area contributed by atoms with Crippen LogP contribution in [0.5, 0.6) is 11.5 Å². The number of benzene rings is 2. The van der Waals surface area contributed by atoms with Crippen molar-refractivity contribution in [2.75, 3.05) is 13.2 Å². The number of nitriles is 1. The maximum Gasteiger partial charge on any atom is 0.122 e. The number of hydrogen-bond acceptors (Lipinski definition) is 3. The summed E-state index contributed by atoms with van der Waals surface area (Å²) in [5, 5.41) is 8.59. The minimum Gasteiger partial charge on any atom is -0.490 e. The number of halogens is 1. The van der Waals surface area contributed by atoms with Gasteiger partial charge in [0.05, 0.1) is 12.5 Å². The van der Waals surface area contributed by atoms with Gasteiger partial charge in [-0.1, -0.05) is 18.2 Å². The van der Waals surface area contributed by atoms with Crippen molar-refractivity contribution in [3.05, 3.63) is 57.7 Å². The second kappa shape index (κ2) is 7.75. The first-order chi connectivity index (χ1) is 9.78. The lowest BCUT2D eigenvalue weighted by Gasteiger charge is -2.08. The van der Waals surface area contributed by atoms with Crippen LogP contribution >= 0.6 is 22.6 Å². The van der Waals surface area contributed by atoms with Crippen molar-refractivity contribution in [2.24, 2.45) is 0 Å². The van der Waals surface area contributed by atoms with Crippen LogP contribution in [0.1, 0.15) is 5.56 Å². The fourth-order valence-corrected chi connectivity index (χ4v) is 2.19. The van der Waals surface area contributed by atoms with Crippen molar-refractivity contribution >= 4 is 22.6 Å². The van der Waals surface area contributed by atoms with Crippen LogP contribution in [-0.4, -0.2) is 13.2 Å². The van der Waals surface area contributed by atoms with Gasteiger partial charge in [0.25, 0.3) is 0 Å². The van der Waals surface area contributed by atoms with Gasteiger partial charge >= 0.3 is 0 Å². The third-order valence-electron chi connectivity index (χ3n) is 2.62. The van der Waals surface area contributed by atoms with Crippen LogP contribution in [-0.2, 0) is 6.42 Å². The van der Waals surface area contributed by atoms with Crippen molar-refractivity contribution in [1.82, 2.24) is 0 Å². The van der Waals surface area contributed by atoms with Crippen LogP contribution in [0.3, 0.4) is 0 Å². The van der Waals surface area contributed by atoms with E-state index in [-0.39, 0.29) is 0 Å².